The van der Waals surface area contributed by atoms with Crippen LogP contribution in [0.1, 0.15) is 10.4 Å². The fourth-order valence-corrected chi connectivity index (χ4v) is 2.36. The van der Waals surface area contributed by atoms with E-state index in [1.165, 1.54) is 30.3 Å². The lowest BCUT2D eigenvalue weighted by atomic mass is 10.2. The summed E-state index contributed by atoms with van der Waals surface area (Å²) in [5.41, 5.74) is 0.290. The van der Waals surface area contributed by atoms with E-state index in [0.29, 0.717) is 0 Å². The molecule has 3 rings (SSSR count). The highest BCUT2D eigenvalue weighted by Gasteiger charge is 2.43. The highest BCUT2D eigenvalue weighted by molar-refractivity contribution is 6.42. The number of nitrogens with one attached hydrogen (secondary N) is 1. The lowest BCUT2D eigenvalue weighted by molar-refractivity contribution is -0.286. The van der Waals surface area contributed by atoms with Crippen LogP contribution in [0.15, 0.2) is 36.4 Å². The number of alkyl halides is 2. The van der Waals surface area contributed by atoms with E-state index in [1.54, 1.807) is 0 Å². The van der Waals surface area contributed by atoms with Gasteiger partial charge in [0.05, 0.1) is 15.6 Å². The Labute approximate surface area is 155 Å². The molecular formula is C16H9Cl2F2NO5. The Hall–Kier alpha value is -2.58. The maximum atomic E-state index is 12.9. The van der Waals surface area contributed by atoms with E-state index in [4.69, 9.17) is 27.9 Å². The maximum absolute atomic E-state index is 12.9. The summed E-state index contributed by atoms with van der Waals surface area (Å²) in [7, 11) is 0. The number of amides is 1. The first-order valence-electron chi connectivity index (χ1n) is 7.05. The quantitative estimate of drug-likeness (QED) is 0.777. The first-order chi connectivity index (χ1) is 12.2. The van der Waals surface area contributed by atoms with E-state index in [0.717, 1.165) is 6.07 Å². The van der Waals surface area contributed by atoms with Crippen molar-refractivity contribution in [3.63, 3.8) is 0 Å². The second-order valence-electron chi connectivity index (χ2n) is 5.08. The standard InChI is InChI=1S/C16H9Cl2F2NO5/c17-10-3-1-8(5-11(10)18)15(23)24-7-14(22)21-9-2-4-12-13(6-9)26-16(19,20)25-12/h1-6H,7H2,(H,21,22). The van der Waals surface area contributed by atoms with Gasteiger partial charge in [0.2, 0.25) is 0 Å². The molecule has 6 nitrogen and oxygen atoms in total. The number of halogens is 4. The number of anilines is 1. The Morgan fingerprint density at radius 2 is 1.77 bits per heavy atom. The van der Waals surface area contributed by atoms with Crippen LogP contribution in [0.2, 0.25) is 10.0 Å². The second-order valence-corrected chi connectivity index (χ2v) is 5.90. The van der Waals surface area contributed by atoms with Gasteiger partial charge in [0, 0.05) is 11.8 Å². The molecule has 2 aromatic rings. The van der Waals surface area contributed by atoms with E-state index in [9.17, 15) is 18.4 Å². The van der Waals surface area contributed by atoms with E-state index < -0.39 is 24.8 Å². The van der Waals surface area contributed by atoms with Gasteiger partial charge in [-0.05, 0) is 30.3 Å². The molecule has 0 aromatic heterocycles. The summed E-state index contributed by atoms with van der Waals surface area (Å²) >= 11 is 11.5. The molecule has 1 N–H and O–H groups in total. The molecule has 0 saturated carbocycles. The third-order valence-corrected chi connectivity index (χ3v) is 3.91. The zero-order chi connectivity index (χ0) is 18.9. The molecule has 26 heavy (non-hydrogen) atoms. The van der Waals surface area contributed by atoms with E-state index in [-0.39, 0.29) is 32.8 Å². The van der Waals surface area contributed by atoms with E-state index >= 15 is 0 Å². The van der Waals surface area contributed by atoms with E-state index in [1.807, 2.05) is 0 Å². The van der Waals surface area contributed by atoms with Gasteiger partial charge in [0.25, 0.3) is 5.91 Å². The highest BCUT2D eigenvalue weighted by atomic mass is 35.5. The molecule has 0 aliphatic carbocycles. The lowest BCUT2D eigenvalue weighted by Gasteiger charge is -2.07. The van der Waals surface area contributed by atoms with Gasteiger partial charge in [-0.2, -0.15) is 0 Å². The van der Waals surface area contributed by atoms with Crippen molar-refractivity contribution in [3.8, 4) is 11.5 Å². The topological polar surface area (TPSA) is 73.9 Å². The van der Waals surface area contributed by atoms with Crippen LogP contribution < -0.4 is 14.8 Å². The Bertz CT molecular complexity index is 891. The third-order valence-electron chi connectivity index (χ3n) is 3.17. The van der Waals surface area contributed by atoms with Crippen molar-refractivity contribution >= 4 is 40.8 Å². The number of hydrogen-bond acceptors (Lipinski definition) is 5. The zero-order valence-electron chi connectivity index (χ0n) is 12.7. The maximum Gasteiger partial charge on any atom is 0.586 e. The summed E-state index contributed by atoms with van der Waals surface area (Å²) in [5, 5.41) is 2.82. The molecule has 0 fully saturated rings. The Kier molecular flexibility index (Phi) is 4.88. The third kappa shape index (κ3) is 4.14. The van der Waals surface area contributed by atoms with Gasteiger partial charge in [-0.15, -0.1) is 8.78 Å². The summed E-state index contributed by atoms with van der Waals surface area (Å²) < 4.78 is 39.3. The number of ether oxygens (including phenoxy) is 3. The predicted molar refractivity (Wildman–Crippen MR) is 88.0 cm³/mol. The van der Waals surface area contributed by atoms with Crippen LogP contribution in [0, 0.1) is 0 Å². The number of fused-ring (bicyclic) bond motifs is 1. The highest BCUT2D eigenvalue weighted by Crippen LogP contribution is 2.42. The SMILES string of the molecule is O=C(COC(=O)c1ccc(Cl)c(Cl)c1)Nc1ccc2c(c1)OC(F)(F)O2. The van der Waals surface area contributed by atoms with Crippen LogP contribution in [0.4, 0.5) is 14.5 Å². The molecule has 1 aliphatic heterocycles. The molecule has 0 bridgehead atoms. The minimum absolute atomic E-state index is 0.123. The van der Waals surface area contributed by atoms with Gasteiger partial charge in [-0.3, -0.25) is 4.79 Å². The fraction of sp³-hybridized carbons (Fsp3) is 0.125. The monoisotopic (exact) mass is 403 g/mol. The zero-order valence-corrected chi connectivity index (χ0v) is 14.2. The van der Waals surface area contributed by atoms with Gasteiger partial charge in [0.15, 0.2) is 18.1 Å². The van der Waals surface area contributed by atoms with Gasteiger partial charge >= 0.3 is 12.3 Å². The Morgan fingerprint density at radius 3 is 2.50 bits per heavy atom. The molecule has 0 atom stereocenters. The molecule has 0 saturated heterocycles. The van der Waals surface area contributed by atoms with Crippen LogP contribution in [-0.2, 0) is 9.53 Å². The molecule has 1 heterocycles. The van der Waals surface area contributed by atoms with Crippen LogP contribution in [-0.4, -0.2) is 24.8 Å². The smallest absolute Gasteiger partial charge is 0.452 e. The first-order valence-corrected chi connectivity index (χ1v) is 7.81. The number of carbonyl (C=O) groups is 2. The van der Waals surface area contributed by atoms with Crippen molar-refractivity contribution in [3.05, 3.63) is 52.0 Å². The average molecular weight is 404 g/mol. The Morgan fingerprint density at radius 1 is 1.04 bits per heavy atom. The van der Waals surface area contributed by atoms with Crippen LogP contribution in [0.25, 0.3) is 0 Å². The minimum Gasteiger partial charge on any atom is -0.452 e. The summed E-state index contributed by atoms with van der Waals surface area (Å²) in [6.07, 6.45) is -3.75. The van der Waals surface area contributed by atoms with Gasteiger partial charge in [-0.1, -0.05) is 23.2 Å². The molecular weight excluding hydrogens is 395 g/mol. The van der Waals surface area contributed by atoms with Crippen LogP contribution in [0.3, 0.4) is 0 Å². The van der Waals surface area contributed by atoms with Gasteiger partial charge in [-0.25, -0.2) is 4.79 Å². The summed E-state index contributed by atoms with van der Waals surface area (Å²) in [5.74, 6) is -1.83. The minimum atomic E-state index is -3.75. The number of esters is 1. The normalized spacial score (nSPS) is 14.0. The number of hydrogen-bond donors (Lipinski definition) is 1. The lowest BCUT2D eigenvalue weighted by Crippen LogP contribution is -2.25. The Balaban J connectivity index is 1.56. The largest absolute Gasteiger partial charge is 0.586 e. The fourth-order valence-electron chi connectivity index (χ4n) is 2.06. The van der Waals surface area contributed by atoms with Crippen molar-refractivity contribution in [1.82, 2.24) is 0 Å². The van der Waals surface area contributed by atoms with Crippen molar-refractivity contribution in [2.45, 2.75) is 6.29 Å². The first kappa shape index (κ1) is 18.2. The molecule has 0 spiro atoms. The molecule has 136 valence electrons. The molecule has 0 unspecified atom stereocenters. The van der Waals surface area contributed by atoms with E-state index in [2.05, 4.69) is 14.8 Å². The number of benzene rings is 2. The average Bonchev–Trinajstić information content (AvgIpc) is 2.88. The van der Waals surface area contributed by atoms with Crippen molar-refractivity contribution in [2.24, 2.45) is 0 Å². The molecule has 0 radical (unpaired) electrons. The van der Waals surface area contributed by atoms with Gasteiger partial charge in [0.1, 0.15) is 0 Å². The van der Waals surface area contributed by atoms with Crippen molar-refractivity contribution in [1.29, 1.82) is 0 Å². The summed E-state index contributed by atoms with van der Waals surface area (Å²) in [4.78, 5) is 23.7. The van der Waals surface area contributed by atoms with Crippen LogP contribution >= 0.6 is 23.2 Å². The van der Waals surface area contributed by atoms with Crippen molar-refractivity contribution < 1.29 is 32.6 Å². The summed E-state index contributed by atoms with van der Waals surface area (Å²) in [6.45, 7) is -0.594. The molecule has 10 heteroatoms. The molecule has 1 aliphatic rings. The van der Waals surface area contributed by atoms with Crippen LogP contribution in [0.5, 0.6) is 11.5 Å². The predicted octanol–water partition coefficient (Wildman–Crippen LogP) is 4.11. The summed E-state index contributed by atoms with van der Waals surface area (Å²) in [6, 6.07) is 7.84. The number of rotatable bonds is 4. The van der Waals surface area contributed by atoms with Crippen molar-refractivity contribution in [2.75, 3.05) is 11.9 Å². The second kappa shape index (κ2) is 6.97. The molecule has 1 amide bonds. The molecule has 2 aromatic carbocycles. The van der Waals surface area contributed by atoms with Gasteiger partial charge < -0.3 is 19.5 Å². The number of carbonyl (C=O) groups excluding carboxylic acids is 2.